The summed E-state index contributed by atoms with van der Waals surface area (Å²) < 4.78 is 0. The predicted molar refractivity (Wildman–Crippen MR) is 97.5 cm³/mol. The molecule has 0 saturated carbocycles. The number of aryl methyl sites for hydroxylation is 2. The number of benzene rings is 2. The molecular weight excluding hydrogens is 332 g/mol. The third-order valence-electron chi connectivity index (χ3n) is 3.89. The first-order chi connectivity index (χ1) is 12.5. The van der Waals surface area contributed by atoms with Gasteiger partial charge in [-0.1, -0.05) is 60.2 Å². The fourth-order valence-electron chi connectivity index (χ4n) is 2.43. The van der Waals surface area contributed by atoms with Gasteiger partial charge in [-0.2, -0.15) is 0 Å². The lowest BCUT2D eigenvalue weighted by Gasteiger charge is -2.15. The Morgan fingerprint density at radius 2 is 1.62 bits per heavy atom. The Labute approximate surface area is 152 Å². The van der Waals surface area contributed by atoms with Gasteiger partial charge in [0.05, 0.1) is 6.54 Å². The minimum absolute atomic E-state index is 0.257. The second-order valence-electron chi connectivity index (χ2n) is 6.01. The molecule has 136 valence electrons. The largest absolute Gasteiger partial charge is 0.479 e. The predicted octanol–water partition coefficient (Wildman–Crippen LogP) is 1.99. The standard InChI is InChI=1S/C20H22N2O4/c1-14-7-9-15(10-8-14)11-12-17(23)21-13-18(24)22-19(20(25)26)16-5-3-2-4-6-16/h2-10,19H,11-13H2,1H3,(H,21,23)(H,22,24)(H,25,26)/t19-/m0/s1. The molecular formula is C20H22N2O4. The molecule has 2 amide bonds. The van der Waals surface area contributed by atoms with E-state index in [-0.39, 0.29) is 18.9 Å². The highest BCUT2D eigenvalue weighted by atomic mass is 16.4. The third-order valence-corrected chi connectivity index (χ3v) is 3.89. The fraction of sp³-hybridized carbons (Fsp3) is 0.250. The van der Waals surface area contributed by atoms with Crippen LogP contribution in [0.1, 0.15) is 29.2 Å². The number of aliphatic carboxylic acids is 1. The average Bonchev–Trinajstić information content (AvgIpc) is 2.64. The van der Waals surface area contributed by atoms with Crippen molar-refractivity contribution in [3.63, 3.8) is 0 Å². The Hall–Kier alpha value is -3.15. The van der Waals surface area contributed by atoms with E-state index in [0.717, 1.165) is 11.1 Å². The lowest BCUT2D eigenvalue weighted by Crippen LogP contribution is -2.41. The van der Waals surface area contributed by atoms with Crippen LogP contribution in [0.3, 0.4) is 0 Å². The van der Waals surface area contributed by atoms with Crippen molar-refractivity contribution in [3.8, 4) is 0 Å². The molecule has 0 saturated heterocycles. The van der Waals surface area contributed by atoms with Crippen molar-refractivity contribution >= 4 is 17.8 Å². The summed E-state index contributed by atoms with van der Waals surface area (Å²) in [5.74, 6) is -1.97. The first kappa shape index (κ1) is 19.2. The third kappa shape index (κ3) is 6.05. The van der Waals surface area contributed by atoms with E-state index in [1.165, 1.54) is 0 Å². The number of carbonyl (C=O) groups excluding carboxylic acids is 2. The molecule has 6 nitrogen and oxygen atoms in total. The van der Waals surface area contributed by atoms with E-state index in [2.05, 4.69) is 10.6 Å². The molecule has 0 radical (unpaired) electrons. The van der Waals surface area contributed by atoms with E-state index < -0.39 is 17.9 Å². The van der Waals surface area contributed by atoms with Crippen LogP contribution in [0.15, 0.2) is 54.6 Å². The molecule has 2 rings (SSSR count). The molecule has 3 N–H and O–H groups in total. The van der Waals surface area contributed by atoms with Crippen LogP contribution in [0, 0.1) is 6.92 Å². The molecule has 6 heteroatoms. The number of carboxylic acids is 1. The van der Waals surface area contributed by atoms with Crippen LogP contribution in [0.25, 0.3) is 0 Å². The van der Waals surface area contributed by atoms with E-state index in [1.807, 2.05) is 31.2 Å². The van der Waals surface area contributed by atoms with Crippen molar-refractivity contribution in [1.82, 2.24) is 10.6 Å². The van der Waals surface area contributed by atoms with Gasteiger partial charge in [-0.15, -0.1) is 0 Å². The zero-order valence-electron chi connectivity index (χ0n) is 14.6. The highest BCUT2D eigenvalue weighted by Gasteiger charge is 2.21. The smallest absolute Gasteiger partial charge is 0.330 e. The molecule has 1 atom stereocenters. The number of nitrogens with one attached hydrogen (secondary N) is 2. The number of rotatable bonds is 8. The monoisotopic (exact) mass is 354 g/mol. The molecule has 0 aliphatic heterocycles. The molecule has 0 aliphatic carbocycles. The van der Waals surface area contributed by atoms with Crippen molar-refractivity contribution in [2.75, 3.05) is 6.54 Å². The van der Waals surface area contributed by atoms with Crippen LogP contribution >= 0.6 is 0 Å². The van der Waals surface area contributed by atoms with Crippen LogP contribution in [0.2, 0.25) is 0 Å². The van der Waals surface area contributed by atoms with Gasteiger partial charge in [0.2, 0.25) is 11.8 Å². The topological polar surface area (TPSA) is 95.5 Å². The zero-order valence-corrected chi connectivity index (χ0v) is 14.6. The summed E-state index contributed by atoms with van der Waals surface area (Å²) in [6.45, 7) is 1.73. The maximum Gasteiger partial charge on any atom is 0.330 e. The minimum Gasteiger partial charge on any atom is -0.479 e. The zero-order chi connectivity index (χ0) is 18.9. The van der Waals surface area contributed by atoms with Gasteiger partial charge in [0, 0.05) is 6.42 Å². The highest BCUT2D eigenvalue weighted by Crippen LogP contribution is 2.12. The van der Waals surface area contributed by atoms with Crippen molar-refractivity contribution in [3.05, 3.63) is 71.3 Å². The van der Waals surface area contributed by atoms with E-state index >= 15 is 0 Å². The Morgan fingerprint density at radius 1 is 0.962 bits per heavy atom. The number of carboxylic acid groups (broad SMARTS) is 1. The molecule has 0 bridgehead atoms. The maximum absolute atomic E-state index is 12.0. The molecule has 0 aromatic heterocycles. The second kappa shape index (κ2) is 9.36. The first-order valence-corrected chi connectivity index (χ1v) is 8.35. The molecule has 2 aromatic rings. The lowest BCUT2D eigenvalue weighted by molar-refractivity contribution is -0.141. The molecule has 0 fully saturated rings. The van der Waals surface area contributed by atoms with Gasteiger partial charge in [-0.05, 0) is 24.5 Å². The van der Waals surface area contributed by atoms with Crippen LogP contribution < -0.4 is 10.6 Å². The van der Waals surface area contributed by atoms with Gasteiger partial charge in [-0.25, -0.2) is 4.79 Å². The van der Waals surface area contributed by atoms with Gasteiger partial charge in [0.15, 0.2) is 6.04 Å². The van der Waals surface area contributed by atoms with E-state index in [1.54, 1.807) is 30.3 Å². The van der Waals surface area contributed by atoms with Gasteiger partial charge < -0.3 is 15.7 Å². The molecule has 0 heterocycles. The van der Waals surface area contributed by atoms with Gasteiger partial charge in [0.25, 0.3) is 0 Å². The number of hydrogen-bond acceptors (Lipinski definition) is 3. The Kier molecular flexibility index (Phi) is 6.91. The SMILES string of the molecule is Cc1ccc(CCC(=O)NCC(=O)N[C@H](C(=O)O)c2ccccc2)cc1. The highest BCUT2D eigenvalue weighted by molar-refractivity contribution is 5.88. The van der Waals surface area contributed by atoms with Crippen molar-refractivity contribution in [2.24, 2.45) is 0 Å². The van der Waals surface area contributed by atoms with Crippen molar-refractivity contribution in [2.45, 2.75) is 25.8 Å². The summed E-state index contributed by atoms with van der Waals surface area (Å²) >= 11 is 0. The van der Waals surface area contributed by atoms with E-state index in [9.17, 15) is 19.5 Å². The van der Waals surface area contributed by atoms with E-state index in [4.69, 9.17) is 0 Å². The molecule has 2 aromatic carbocycles. The van der Waals surface area contributed by atoms with Crippen LogP contribution in [0.5, 0.6) is 0 Å². The summed E-state index contributed by atoms with van der Waals surface area (Å²) in [5, 5.41) is 14.2. The second-order valence-corrected chi connectivity index (χ2v) is 6.01. The number of carbonyl (C=O) groups is 3. The molecule has 0 spiro atoms. The molecule has 0 aliphatic rings. The summed E-state index contributed by atoms with van der Waals surface area (Å²) in [6, 6.07) is 15.2. The van der Waals surface area contributed by atoms with Crippen molar-refractivity contribution < 1.29 is 19.5 Å². The summed E-state index contributed by atoms with van der Waals surface area (Å²) in [4.78, 5) is 35.2. The Morgan fingerprint density at radius 3 is 2.23 bits per heavy atom. The summed E-state index contributed by atoms with van der Waals surface area (Å²) in [7, 11) is 0. The van der Waals surface area contributed by atoms with E-state index in [0.29, 0.717) is 12.0 Å². The molecule has 0 unspecified atom stereocenters. The number of hydrogen-bond donors (Lipinski definition) is 3. The fourth-order valence-corrected chi connectivity index (χ4v) is 2.43. The van der Waals surface area contributed by atoms with Crippen LogP contribution in [-0.2, 0) is 20.8 Å². The Balaban J connectivity index is 1.78. The Bertz CT molecular complexity index is 757. The quantitative estimate of drug-likeness (QED) is 0.675. The average molecular weight is 354 g/mol. The van der Waals surface area contributed by atoms with Crippen molar-refractivity contribution in [1.29, 1.82) is 0 Å². The summed E-state index contributed by atoms with van der Waals surface area (Å²) in [6.07, 6.45) is 0.840. The molecule has 26 heavy (non-hydrogen) atoms. The van der Waals surface area contributed by atoms with Crippen LogP contribution in [-0.4, -0.2) is 29.4 Å². The van der Waals surface area contributed by atoms with Gasteiger partial charge in [-0.3, -0.25) is 9.59 Å². The minimum atomic E-state index is -1.16. The maximum atomic E-state index is 12.0. The van der Waals surface area contributed by atoms with Crippen LogP contribution in [0.4, 0.5) is 0 Å². The summed E-state index contributed by atoms with van der Waals surface area (Å²) in [5.41, 5.74) is 2.67. The lowest BCUT2D eigenvalue weighted by atomic mass is 10.1. The normalized spacial score (nSPS) is 11.4. The van der Waals surface area contributed by atoms with Gasteiger partial charge in [0.1, 0.15) is 0 Å². The number of amides is 2. The first-order valence-electron chi connectivity index (χ1n) is 8.35. The van der Waals surface area contributed by atoms with Gasteiger partial charge >= 0.3 is 5.97 Å².